The largest absolute Gasteiger partial charge is 0.465 e. The van der Waals surface area contributed by atoms with Crippen molar-refractivity contribution in [2.45, 2.75) is 39.2 Å². The third kappa shape index (κ3) is 3.84. The van der Waals surface area contributed by atoms with E-state index in [4.69, 9.17) is 4.74 Å². The average molecular weight is 399 g/mol. The molecule has 0 spiro atoms. The molecule has 2 heterocycles. The van der Waals surface area contributed by atoms with Gasteiger partial charge in [-0.3, -0.25) is 9.69 Å². The summed E-state index contributed by atoms with van der Waals surface area (Å²) in [7, 11) is 1.40. The highest BCUT2D eigenvalue weighted by molar-refractivity contribution is 7.17. The Kier molecular flexibility index (Phi) is 5.51. The molecule has 6 heteroatoms. The van der Waals surface area contributed by atoms with E-state index in [1.807, 2.05) is 6.07 Å². The zero-order chi connectivity index (χ0) is 19.7. The lowest BCUT2D eigenvalue weighted by Crippen LogP contribution is -2.37. The van der Waals surface area contributed by atoms with Gasteiger partial charge in [0.2, 0.25) is 5.91 Å². The first kappa shape index (κ1) is 19.2. The van der Waals surface area contributed by atoms with Crippen LogP contribution in [0.2, 0.25) is 0 Å². The molecule has 1 aromatic heterocycles. The second kappa shape index (κ2) is 8.05. The predicted octanol–water partition coefficient (Wildman–Crippen LogP) is 3.66. The average Bonchev–Trinajstić information content (AvgIpc) is 3.03. The van der Waals surface area contributed by atoms with E-state index in [-0.39, 0.29) is 11.9 Å². The number of anilines is 1. The van der Waals surface area contributed by atoms with Crippen molar-refractivity contribution in [2.75, 3.05) is 25.5 Å². The van der Waals surface area contributed by atoms with E-state index in [1.165, 1.54) is 34.5 Å². The highest BCUT2D eigenvalue weighted by Crippen LogP contribution is 2.40. The number of carbonyl (C=O) groups is 2. The van der Waals surface area contributed by atoms with Gasteiger partial charge in [-0.15, -0.1) is 11.3 Å². The normalized spacial score (nSPS) is 18.9. The molecule has 0 saturated heterocycles. The minimum Gasteiger partial charge on any atom is -0.465 e. The summed E-state index contributed by atoms with van der Waals surface area (Å²) in [6, 6.07) is 8.40. The first-order valence-electron chi connectivity index (χ1n) is 9.87. The molecule has 1 unspecified atom stereocenters. The summed E-state index contributed by atoms with van der Waals surface area (Å²) in [5, 5.41) is 3.65. The third-order valence-corrected chi connectivity index (χ3v) is 6.90. The lowest BCUT2D eigenvalue weighted by molar-refractivity contribution is -0.117. The maximum atomic E-state index is 12.7. The molecule has 2 aliphatic rings. The van der Waals surface area contributed by atoms with Crippen molar-refractivity contribution in [3.05, 3.63) is 51.4 Å². The van der Waals surface area contributed by atoms with Crippen LogP contribution in [0.15, 0.2) is 24.3 Å². The van der Waals surface area contributed by atoms with Crippen molar-refractivity contribution in [3.63, 3.8) is 0 Å². The molecule has 1 aliphatic carbocycles. The first-order chi connectivity index (χ1) is 13.5. The Morgan fingerprint density at radius 1 is 1.25 bits per heavy atom. The zero-order valence-corrected chi connectivity index (χ0v) is 17.2. The highest BCUT2D eigenvalue weighted by atomic mass is 32.1. The zero-order valence-electron chi connectivity index (χ0n) is 16.4. The highest BCUT2D eigenvalue weighted by Gasteiger charge is 2.29. The molecule has 0 radical (unpaired) electrons. The Morgan fingerprint density at radius 3 is 2.82 bits per heavy atom. The molecule has 0 saturated carbocycles. The van der Waals surface area contributed by atoms with Gasteiger partial charge in [0.05, 0.1) is 19.2 Å². The number of thiophene rings is 1. The second-order valence-corrected chi connectivity index (χ2v) is 8.93. The maximum Gasteiger partial charge on any atom is 0.341 e. The molecule has 0 fully saturated rings. The molecule has 148 valence electrons. The molecular weight excluding hydrogens is 372 g/mol. The molecule has 1 atom stereocenters. The number of fused-ring (bicyclic) bond motifs is 2. The van der Waals surface area contributed by atoms with Crippen molar-refractivity contribution >= 4 is 28.2 Å². The van der Waals surface area contributed by atoms with Gasteiger partial charge in [-0.25, -0.2) is 4.79 Å². The molecule has 4 rings (SSSR count). The second-order valence-electron chi connectivity index (χ2n) is 7.83. The number of esters is 1. The van der Waals surface area contributed by atoms with Gasteiger partial charge in [-0.05, 0) is 48.3 Å². The number of hydrogen-bond donors (Lipinski definition) is 1. The lowest BCUT2D eigenvalue weighted by Gasteiger charge is -2.28. The number of carbonyl (C=O) groups excluding carboxylic acids is 2. The fraction of sp³-hybridized carbons (Fsp3) is 0.455. The predicted molar refractivity (Wildman–Crippen MR) is 111 cm³/mol. The molecule has 1 aromatic carbocycles. The Morgan fingerprint density at radius 2 is 2.04 bits per heavy atom. The molecule has 1 aliphatic heterocycles. The standard InChI is InChI=1S/C22H26N2O3S/c1-14-7-8-17-18(11-14)28-21(20(17)22(26)27-2)23-19(25)13-24-10-9-15-5-3-4-6-16(15)12-24/h3-6,14H,7-13H2,1-2H3,(H,23,25). The number of rotatable bonds is 4. The minimum absolute atomic E-state index is 0.0730. The van der Waals surface area contributed by atoms with E-state index in [1.54, 1.807) is 0 Å². The van der Waals surface area contributed by atoms with Gasteiger partial charge in [-0.1, -0.05) is 31.2 Å². The topological polar surface area (TPSA) is 58.6 Å². The summed E-state index contributed by atoms with van der Waals surface area (Å²) in [4.78, 5) is 28.5. The van der Waals surface area contributed by atoms with E-state index >= 15 is 0 Å². The molecule has 5 nitrogen and oxygen atoms in total. The quantitative estimate of drug-likeness (QED) is 0.799. The number of ether oxygens (including phenoxy) is 1. The van der Waals surface area contributed by atoms with Gasteiger partial charge in [0.1, 0.15) is 5.00 Å². The number of amides is 1. The van der Waals surface area contributed by atoms with Crippen molar-refractivity contribution in [3.8, 4) is 0 Å². The molecule has 28 heavy (non-hydrogen) atoms. The van der Waals surface area contributed by atoms with Gasteiger partial charge in [0.15, 0.2) is 0 Å². The van der Waals surface area contributed by atoms with Crippen LogP contribution >= 0.6 is 11.3 Å². The number of benzene rings is 1. The van der Waals surface area contributed by atoms with Crippen molar-refractivity contribution < 1.29 is 14.3 Å². The van der Waals surface area contributed by atoms with Gasteiger partial charge in [0.25, 0.3) is 0 Å². The molecule has 0 bridgehead atoms. The number of nitrogens with one attached hydrogen (secondary N) is 1. The summed E-state index contributed by atoms with van der Waals surface area (Å²) in [5.74, 6) is 0.180. The summed E-state index contributed by atoms with van der Waals surface area (Å²) in [6.07, 6.45) is 3.86. The summed E-state index contributed by atoms with van der Waals surface area (Å²) < 4.78 is 5.00. The number of methoxy groups -OCH3 is 1. The van der Waals surface area contributed by atoms with Crippen LogP contribution in [-0.4, -0.2) is 37.0 Å². The Labute approximate surface area is 169 Å². The van der Waals surface area contributed by atoms with E-state index in [0.717, 1.165) is 44.3 Å². The summed E-state index contributed by atoms with van der Waals surface area (Å²) in [6.45, 7) is 4.21. The monoisotopic (exact) mass is 398 g/mol. The van der Waals surface area contributed by atoms with Gasteiger partial charge in [-0.2, -0.15) is 0 Å². The fourth-order valence-electron chi connectivity index (χ4n) is 4.22. The smallest absolute Gasteiger partial charge is 0.341 e. The van der Waals surface area contributed by atoms with Crippen LogP contribution in [0.25, 0.3) is 0 Å². The first-order valence-corrected chi connectivity index (χ1v) is 10.7. The van der Waals surface area contributed by atoms with Crippen molar-refractivity contribution in [2.24, 2.45) is 5.92 Å². The van der Waals surface area contributed by atoms with Gasteiger partial charge < -0.3 is 10.1 Å². The fourth-order valence-corrected chi connectivity index (χ4v) is 5.63. The summed E-state index contributed by atoms with van der Waals surface area (Å²) >= 11 is 1.54. The molecule has 1 amide bonds. The van der Waals surface area contributed by atoms with Crippen LogP contribution in [0.1, 0.15) is 45.3 Å². The SMILES string of the molecule is COC(=O)c1c(NC(=O)CN2CCc3ccccc3C2)sc2c1CCC(C)C2. The van der Waals surface area contributed by atoms with E-state index in [0.29, 0.717) is 23.0 Å². The Bertz CT molecular complexity index is 905. The number of hydrogen-bond acceptors (Lipinski definition) is 5. The van der Waals surface area contributed by atoms with Crippen LogP contribution in [0, 0.1) is 5.92 Å². The molecule has 1 N–H and O–H groups in total. The minimum atomic E-state index is -0.353. The van der Waals surface area contributed by atoms with Gasteiger partial charge >= 0.3 is 5.97 Å². The van der Waals surface area contributed by atoms with Crippen LogP contribution in [-0.2, 0) is 35.3 Å². The third-order valence-electron chi connectivity index (χ3n) is 5.73. The molecule has 2 aromatic rings. The van der Waals surface area contributed by atoms with Crippen LogP contribution < -0.4 is 5.32 Å². The van der Waals surface area contributed by atoms with Gasteiger partial charge in [0, 0.05) is 18.0 Å². The van der Waals surface area contributed by atoms with Crippen molar-refractivity contribution in [1.82, 2.24) is 4.90 Å². The Balaban J connectivity index is 1.48. The summed E-state index contributed by atoms with van der Waals surface area (Å²) in [5.41, 5.74) is 4.29. The maximum absolute atomic E-state index is 12.7. The van der Waals surface area contributed by atoms with Crippen LogP contribution in [0.5, 0.6) is 0 Å². The lowest BCUT2D eigenvalue weighted by atomic mass is 9.88. The van der Waals surface area contributed by atoms with Crippen LogP contribution in [0.4, 0.5) is 5.00 Å². The Hall–Kier alpha value is -2.18. The van der Waals surface area contributed by atoms with E-state index < -0.39 is 0 Å². The van der Waals surface area contributed by atoms with E-state index in [2.05, 4.69) is 35.3 Å². The van der Waals surface area contributed by atoms with Crippen molar-refractivity contribution in [1.29, 1.82) is 0 Å². The number of nitrogens with zero attached hydrogens (tertiary/aromatic N) is 1. The van der Waals surface area contributed by atoms with Crippen LogP contribution in [0.3, 0.4) is 0 Å². The molecular formula is C22H26N2O3S. The van der Waals surface area contributed by atoms with E-state index in [9.17, 15) is 9.59 Å².